The number of benzene rings is 1. The van der Waals surface area contributed by atoms with Crippen LogP contribution in [0.2, 0.25) is 0 Å². The molecule has 0 aliphatic carbocycles. The Labute approximate surface area is 114 Å². The van der Waals surface area contributed by atoms with Gasteiger partial charge >= 0.3 is 0 Å². The first-order valence-electron chi connectivity index (χ1n) is 6.59. The van der Waals surface area contributed by atoms with Crippen LogP contribution < -0.4 is 14.8 Å². The maximum Gasteiger partial charge on any atom is 0.240 e. The first kappa shape index (κ1) is 14.3. The quantitative estimate of drug-likeness (QED) is 0.821. The third kappa shape index (κ3) is 3.92. The van der Waals surface area contributed by atoms with E-state index in [1.54, 1.807) is 24.3 Å². The van der Waals surface area contributed by atoms with Crippen LogP contribution in [0, 0.1) is 0 Å². The third-order valence-electron chi connectivity index (χ3n) is 2.99. The Morgan fingerprint density at radius 1 is 1.37 bits per heavy atom. The largest absolute Gasteiger partial charge is 0.489 e. The van der Waals surface area contributed by atoms with Gasteiger partial charge in [-0.15, -0.1) is 0 Å². The van der Waals surface area contributed by atoms with E-state index in [2.05, 4.69) is 10.0 Å². The van der Waals surface area contributed by atoms with Crippen LogP contribution >= 0.6 is 0 Å². The minimum Gasteiger partial charge on any atom is -0.489 e. The van der Waals surface area contributed by atoms with Gasteiger partial charge in [-0.05, 0) is 43.7 Å². The van der Waals surface area contributed by atoms with E-state index >= 15 is 0 Å². The maximum absolute atomic E-state index is 11.9. The topological polar surface area (TPSA) is 67.4 Å². The van der Waals surface area contributed by atoms with Gasteiger partial charge < -0.3 is 10.1 Å². The van der Waals surface area contributed by atoms with Gasteiger partial charge in [0.15, 0.2) is 0 Å². The van der Waals surface area contributed by atoms with E-state index in [4.69, 9.17) is 4.74 Å². The highest BCUT2D eigenvalue weighted by Gasteiger charge is 2.17. The van der Waals surface area contributed by atoms with E-state index in [0.717, 1.165) is 25.9 Å². The Kier molecular flexibility index (Phi) is 4.79. The van der Waals surface area contributed by atoms with Crippen molar-refractivity contribution >= 4 is 10.0 Å². The van der Waals surface area contributed by atoms with Gasteiger partial charge in [-0.25, -0.2) is 13.1 Å². The Balaban J connectivity index is 2.01. The molecular weight excluding hydrogens is 264 g/mol. The van der Waals surface area contributed by atoms with Gasteiger partial charge in [0, 0.05) is 13.1 Å². The lowest BCUT2D eigenvalue weighted by Crippen LogP contribution is -2.24. The molecule has 0 saturated carbocycles. The van der Waals surface area contributed by atoms with Crippen LogP contribution in [0.25, 0.3) is 0 Å². The fraction of sp³-hybridized carbons (Fsp3) is 0.538. The number of nitrogens with one attached hydrogen (secondary N) is 2. The SMILES string of the molecule is CCCNS(=O)(=O)c1ccc(OC2CCNC2)cc1. The fourth-order valence-corrected chi connectivity index (χ4v) is 3.07. The van der Waals surface area contributed by atoms with Crippen molar-refractivity contribution in [2.75, 3.05) is 19.6 Å². The molecule has 6 heteroatoms. The second-order valence-corrected chi connectivity index (χ2v) is 6.37. The molecule has 1 aliphatic rings. The molecule has 0 aromatic heterocycles. The minimum absolute atomic E-state index is 0.181. The van der Waals surface area contributed by atoms with E-state index in [0.29, 0.717) is 12.3 Å². The highest BCUT2D eigenvalue weighted by Crippen LogP contribution is 2.18. The predicted octanol–water partition coefficient (Wildman–Crippen LogP) is 1.12. The van der Waals surface area contributed by atoms with E-state index < -0.39 is 10.0 Å². The second kappa shape index (κ2) is 6.36. The summed E-state index contributed by atoms with van der Waals surface area (Å²) >= 11 is 0. The number of hydrogen-bond donors (Lipinski definition) is 2. The summed E-state index contributed by atoms with van der Waals surface area (Å²) in [5.74, 6) is 0.711. The van der Waals surface area contributed by atoms with Crippen molar-refractivity contribution in [2.24, 2.45) is 0 Å². The molecule has 1 heterocycles. The lowest BCUT2D eigenvalue weighted by atomic mass is 10.3. The van der Waals surface area contributed by atoms with Crippen molar-refractivity contribution < 1.29 is 13.2 Å². The Morgan fingerprint density at radius 3 is 2.68 bits per heavy atom. The van der Waals surface area contributed by atoms with Crippen LogP contribution in [0.4, 0.5) is 0 Å². The van der Waals surface area contributed by atoms with Crippen molar-refractivity contribution in [3.05, 3.63) is 24.3 Å². The standard InChI is InChI=1S/C13H20N2O3S/c1-2-8-15-19(16,17)13-5-3-11(4-6-13)18-12-7-9-14-10-12/h3-6,12,14-15H,2,7-10H2,1H3. The van der Waals surface area contributed by atoms with Crippen LogP contribution in [0.15, 0.2) is 29.2 Å². The van der Waals surface area contributed by atoms with Crippen molar-refractivity contribution in [1.29, 1.82) is 0 Å². The zero-order valence-electron chi connectivity index (χ0n) is 11.1. The molecule has 0 amide bonds. The third-order valence-corrected chi connectivity index (χ3v) is 4.47. The van der Waals surface area contributed by atoms with Crippen LogP contribution in [0.1, 0.15) is 19.8 Å². The molecule has 1 saturated heterocycles. The van der Waals surface area contributed by atoms with Gasteiger partial charge in [-0.3, -0.25) is 0 Å². The molecule has 106 valence electrons. The summed E-state index contributed by atoms with van der Waals surface area (Å²) in [6.07, 6.45) is 1.94. The van der Waals surface area contributed by atoms with Gasteiger partial charge in [0.05, 0.1) is 4.90 Å². The summed E-state index contributed by atoms with van der Waals surface area (Å²) in [7, 11) is -3.38. The molecule has 1 aromatic carbocycles. The van der Waals surface area contributed by atoms with Crippen LogP contribution in [-0.2, 0) is 10.0 Å². The number of hydrogen-bond acceptors (Lipinski definition) is 4. The predicted molar refractivity (Wildman–Crippen MR) is 73.8 cm³/mol. The number of sulfonamides is 1. The molecule has 1 aromatic rings. The molecule has 1 aliphatic heterocycles. The molecule has 2 rings (SSSR count). The molecule has 19 heavy (non-hydrogen) atoms. The van der Waals surface area contributed by atoms with Crippen LogP contribution in [0.3, 0.4) is 0 Å². The normalized spacial score (nSPS) is 19.5. The average Bonchev–Trinajstić information content (AvgIpc) is 2.90. The molecule has 0 radical (unpaired) electrons. The smallest absolute Gasteiger partial charge is 0.240 e. The molecule has 1 fully saturated rings. The van der Waals surface area contributed by atoms with Gasteiger partial charge in [0.1, 0.15) is 11.9 Å². The van der Waals surface area contributed by atoms with Gasteiger partial charge in [-0.2, -0.15) is 0 Å². The molecule has 0 bridgehead atoms. The van der Waals surface area contributed by atoms with Crippen molar-refractivity contribution in [3.63, 3.8) is 0 Å². The van der Waals surface area contributed by atoms with Gasteiger partial charge in [0.2, 0.25) is 10.0 Å². The highest BCUT2D eigenvalue weighted by atomic mass is 32.2. The molecule has 1 atom stereocenters. The fourth-order valence-electron chi connectivity index (χ4n) is 1.94. The highest BCUT2D eigenvalue weighted by molar-refractivity contribution is 7.89. The molecule has 1 unspecified atom stereocenters. The van der Waals surface area contributed by atoms with Crippen molar-refractivity contribution in [2.45, 2.75) is 30.8 Å². The Morgan fingerprint density at radius 2 is 2.11 bits per heavy atom. The monoisotopic (exact) mass is 284 g/mol. The van der Waals surface area contributed by atoms with Crippen LogP contribution in [-0.4, -0.2) is 34.2 Å². The zero-order chi connectivity index (χ0) is 13.7. The van der Waals surface area contributed by atoms with Crippen molar-refractivity contribution in [1.82, 2.24) is 10.0 Å². The first-order valence-corrected chi connectivity index (χ1v) is 8.07. The second-order valence-electron chi connectivity index (χ2n) is 4.60. The van der Waals surface area contributed by atoms with E-state index in [1.165, 1.54) is 0 Å². The van der Waals surface area contributed by atoms with E-state index in [-0.39, 0.29) is 11.0 Å². The molecule has 5 nitrogen and oxygen atoms in total. The van der Waals surface area contributed by atoms with E-state index in [1.807, 2.05) is 6.92 Å². The molecular formula is C13H20N2O3S. The minimum atomic E-state index is -3.38. The maximum atomic E-state index is 11.9. The van der Waals surface area contributed by atoms with Gasteiger partial charge in [0.25, 0.3) is 0 Å². The number of ether oxygens (including phenoxy) is 1. The average molecular weight is 284 g/mol. The summed E-state index contributed by atoms with van der Waals surface area (Å²) in [5.41, 5.74) is 0. The zero-order valence-corrected chi connectivity index (χ0v) is 11.9. The van der Waals surface area contributed by atoms with Gasteiger partial charge in [-0.1, -0.05) is 6.92 Å². The Hall–Kier alpha value is -1.11. The molecule has 0 spiro atoms. The summed E-state index contributed by atoms with van der Waals surface area (Å²) in [6.45, 7) is 4.19. The van der Waals surface area contributed by atoms with E-state index in [9.17, 15) is 8.42 Å². The summed E-state index contributed by atoms with van der Waals surface area (Å²) in [5, 5.41) is 3.22. The van der Waals surface area contributed by atoms with Crippen molar-refractivity contribution in [3.8, 4) is 5.75 Å². The summed E-state index contributed by atoms with van der Waals surface area (Å²) in [6, 6.07) is 6.57. The summed E-state index contributed by atoms with van der Waals surface area (Å²) < 4.78 is 32.1. The van der Waals surface area contributed by atoms with Crippen LogP contribution in [0.5, 0.6) is 5.75 Å². The first-order chi connectivity index (χ1) is 9.12. The number of rotatable bonds is 6. The lowest BCUT2D eigenvalue weighted by molar-refractivity contribution is 0.223. The Bertz CT molecular complexity index is 493. The lowest BCUT2D eigenvalue weighted by Gasteiger charge is -2.13. The summed E-state index contributed by atoms with van der Waals surface area (Å²) in [4.78, 5) is 0.276. The molecule has 2 N–H and O–H groups in total.